The zero-order chi connectivity index (χ0) is 28.2. The number of benzene rings is 3. The molecule has 2 heterocycles. The van der Waals surface area contributed by atoms with Crippen LogP contribution in [-0.4, -0.2) is 17.6 Å². The summed E-state index contributed by atoms with van der Waals surface area (Å²) < 4.78 is 13.9. The Morgan fingerprint density at radius 2 is 1.90 bits per heavy atom. The van der Waals surface area contributed by atoms with Crippen molar-refractivity contribution in [2.45, 2.75) is 26.0 Å². The molecular formula is C31H24BrN3O4S. The van der Waals surface area contributed by atoms with E-state index in [9.17, 15) is 9.59 Å². The fraction of sp³-hybridized carbons (Fsp3) is 0.161. The van der Waals surface area contributed by atoms with Gasteiger partial charge < -0.3 is 9.47 Å². The summed E-state index contributed by atoms with van der Waals surface area (Å²) in [4.78, 5) is 31.9. The number of allylic oxidation sites excluding steroid dienone is 1. The Bertz CT molecular complexity index is 1830. The van der Waals surface area contributed by atoms with Gasteiger partial charge in [-0.05, 0) is 69.4 Å². The number of ether oxygens (including phenoxy) is 2. The van der Waals surface area contributed by atoms with Crippen molar-refractivity contribution in [2.75, 3.05) is 7.11 Å². The van der Waals surface area contributed by atoms with E-state index in [4.69, 9.17) is 19.7 Å². The number of rotatable bonds is 7. The third-order valence-electron chi connectivity index (χ3n) is 6.50. The van der Waals surface area contributed by atoms with Gasteiger partial charge in [0, 0.05) is 0 Å². The van der Waals surface area contributed by atoms with Crippen LogP contribution in [0.25, 0.3) is 6.08 Å². The van der Waals surface area contributed by atoms with Gasteiger partial charge in [-0.15, -0.1) is 0 Å². The molecular weight excluding hydrogens is 590 g/mol. The molecule has 3 aromatic carbocycles. The van der Waals surface area contributed by atoms with Gasteiger partial charge in [0.1, 0.15) is 12.4 Å². The number of aromatic nitrogens is 1. The number of methoxy groups -OCH3 is 1. The highest BCUT2D eigenvalue weighted by Crippen LogP contribution is 2.32. The van der Waals surface area contributed by atoms with Crippen LogP contribution in [0.5, 0.6) is 5.75 Å². The van der Waals surface area contributed by atoms with Gasteiger partial charge in [0.05, 0.1) is 45.1 Å². The number of nitrogens with zero attached hydrogens (tertiary/aromatic N) is 3. The van der Waals surface area contributed by atoms with E-state index in [-0.39, 0.29) is 5.56 Å². The third kappa shape index (κ3) is 5.41. The lowest BCUT2D eigenvalue weighted by Crippen LogP contribution is -2.40. The number of hydrogen-bond donors (Lipinski definition) is 0. The number of thiazole rings is 1. The Hall–Kier alpha value is -4.26. The maximum absolute atomic E-state index is 13.8. The molecule has 0 unspecified atom stereocenters. The number of carbonyl (C=O) groups is 1. The van der Waals surface area contributed by atoms with Crippen molar-refractivity contribution < 1.29 is 14.3 Å². The second-order valence-corrected chi connectivity index (χ2v) is 10.8. The van der Waals surface area contributed by atoms with Crippen LogP contribution < -0.4 is 19.6 Å². The Morgan fingerprint density at radius 3 is 2.55 bits per heavy atom. The second kappa shape index (κ2) is 11.9. The fourth-order valence-corrected chi connectivity index (χ4v) is 6.06. The largest absolute Gasteiger partial charge is 0.488 e. The number of esters is 1. The van der Waals surface area contributed by atoms with Crippen molar-refractivity contribution >= 4 is 39.3 Å². The zero-order valence-electron chi connectivity index (χ0n) is 21.8. The molecule has 0 N–H and O–H groups in total. The predicted molar refractivity (Wildman–Crippen MR) is 156 cm³/mol. The quantitative estimate of drug-likeness (QED) is 0.273. The molecule has 0 aliphatic carbocycles. The molecule has 0 fully saturated rings. The number of fused-ring (bicyclic) bond motifs is 1. The van der Waals surface area contributed by atoms with E-state index in [1.54, 1.807) is 16.7 Å². The molecule has 0 saturated carbocycles. The minimum atomic E-state index is -0.633. The summed E-state index contributed by atoms with van der Waals surface area (Å²) in [6.07, 6.45) is 2.34. The summed E-state index contributed by atoms with van der Waals surface area (Å²) in [6, 6.07) is 23.8. The van der Waals surface area contributed by atoms with Gasteiger partial charge in [-0.2, -0.15) is 5.26 Å². The lowest BCUT2D eigenvalue weighted by molar-refractivity contribution is -0.136. The molecule has 0 radical (unpaired) electrons. The molecule has 200 valence electrons. The van der Waals surface area contributed by atoms with Crippen molar-refractivity contribution in [2.24, 2.45) is 4.99 Å². The molecule has 9 heteroatoms. The Morgan fingerprint density at radius 1 is 1.15 bits per heavy atom. The molecule has 0 bridgehead atoms. The first-order valence-corrected chi connectivity index (χ1v) is 14.1. The van der Waals surface area contributed by atoms with Crippen LogP contribution in [0.4, 0.5) is 0 Å². The van der Waals surface area contributed by atoms with Gasteiger partial charge in [-0.25, -0.2) is 9.79 Å². The minimum absolute atomic E-state index is 0.230. The summed E-state index contributed by atoms with van der Waals surface area (Å²) in [7, 11) is 1.34. The summed E-state index contributed by atoms with van der Waals surface area (Å²) in [6.45, 7) is 2.28. The molecule has 5 rings (SSSR count). The molecule has 4 aromatic rings. The van der Waals surface area contributed by atoms with Gasteiger partial charge >= 0.3 is 5.97 Å². The highest BCUT2D eigenvalue weighted by molar-refractivity contribution is 9.10. The lowest BCUT2D eigenvalue weighted by atomic mass is 9.95. The van der Waals surface area contributed by atoms with Gasteiger partial charge in [0.2, 0.25) is 0 Å². The average Bonchev–Trinajstić information content (AvgIpc) is 3.30. The van der Waals surface area contributed by atoms with Gasteiger partial charge in [0.25, 0.3) is 5.56 Å². The normalized spacial score (nSPS) is 14.8. The fourth-order valence-electron chi connectivity index (χ4n) is 4.53. The van der Waals surface area contributed by atoms with Gasteiger partial charge in [-0.3, -0.25) is 9.36 Å². The first kappa shape index (κ1) is 27.3. The molecule has 1 aliphatic heterocycles. The summed E-state index contributed by atoms with van der Waals surface area (Å²) in [5.41, 5.74) is 3.92. The van der Waals surface area contributed by atoms with E-state index in [1.807, 2.05) is 73.7 Å². The Kier molecular flexibility index (Phi) is 8.10. The van der Waals surface area contributed by atoms with Gasteiger partial charge in [-0.1, -0.05) is 66.8 Å². The zero-order valence-corrected chi connectivity index (χ0v) is 24.2. The van der Waals surface area contributed by atoms with E-state index < -0.39 is 12.0 Å². The maximum Gasteiger partial charge on any atom is 0.338 e. The molecule has 7 nitrogen and oxygen atoms in total. The number of nitriles is 1. The van der Waals surface area contributed by atoms with E-state index in [2.05, 4.69) is 22.0 Å². The van der Waals surface area contributed by atoms with Crippen molar-refractivity contribution in [3.05, 3.63) is 130 Å². The Labute approximate surface area is 243 Å². The first-order chi connectivity index (χ1) is 19.4. The molecule has 0 amide bonds. The van der Waals surface area contributed by atoms with Crippen LogP contribution in [0, 0.1) is 11.3 Å². The topological polar surface area (TPSA) is 93.7 Å². The monoisotopic (exact) mass is 613 g/mol. The van der Waals surface area contributed by atoms with Crippen LogP contribution in [0.3, 0.4) is 0 Å². The van der Waals surface area contributed by atoms with Crippen molar-refractivity contribution in [3.63, 3.8) is 0 Å². The van der Waals surface area contributed by atoms with Gasteiger partial charge in [0.15, 0.2) is 4.80 Å². The number of carbonyl (C=O) groups excluding carboxylic acids is 1. The lowest BCUT2D eigenvalue weighted by Gasteiger charge is -2.25. The summed E-state index contributed by atoms with van der Waals surface area (Å²) in [5.74, 6) is 0.159. The molecule has 1 aliphatic rings. The number of halogens is 1. The molecule has 0 spiro atoms. The third-order valence-corrected chi connectivity index (χ3v) is 8.10. The van der Waals surface area contributed by atoms with E-state index in [1.165, 1.54) is 18.4 Å². The number of hydrogen-bond acceptors (Lipinski definition) is 7. The van der Waals surface area contributed by atoms with Crippen LogP contribution in [0.1, 0.15) is 41.6 Å². The smallest absolute Gasteiger partial charge is 0.338 e. The first-order valence-electron chi connectivity index (χ1n) is 12.5. The Balaban J connectivity index is 1.51. The van der Waals surface area contributed by atoms with E-state index >= 15 is 0 Å². The molecule has 1 atom stereocenters. The van der Waals surface area contributed by atoms with Crippen molar-refractivity contribution in [1.29, 1.82) is 5.26 Å². The van der Waals surface area contributed by atoms with Crippen LogP contribution in [-0.2, 0) is 16.1 Å². The van der Waals surface area contributed by atoms with E-state index in [0.717, 1.165) is 21.2 Å². The van der Waals surface area contributed by atoms with Crippen molar-refractivity contribution in [3.8, 4) is 11.8 Å². The molecule has 0 saturated heterocycles. The minimum Gasteiger partial charge on any atom is -0.488 e. The highest BCUT2D eigenvalue weighted by Gasteiger charge is 2.33. The molecule has 40 heavy (non-hydrogen) atoms. The average molecular weight is 615 g/mol. The van der Waals surface area contributed by atoms with Crippen LogP contribution in [0.15, 0.2) is 98.3 Å². The summed E-state index contributed by atoms with van der Waals surface area (Å²) >= 11 is 4.87. The van der Waals surface area contributed by atoms with E-state index in [0.29, 0.717) is 44.9 Å². The molecule has 1 aromatic heterocycles. The second-order valence-electron chi connectivity index (χ2n) is 8.99. The van der Waals surface area contributed by atoms with Crippen molar-refractivity contribution in [1.82, 2.24) is 4.57 Å². The SMILES string of the molecule is CCC1=C(C(=O)OC)[C@@H](c2ccccc2)n2c(s/c(=C/c3ccc(OCc4ccc(C#N)cc4)c(Br)c3)c2=O)=N1. The summed E-state index contributed by atoms with van der Waals surface area (Å²) in [5, 5.41) is 8.97. The van der Waals surface area contributed by atoms with Crippen LogP contribution >= 0.6 is 27.3 Å². The standard InChI is InChI=1S/C31H24BrN3O4S/c1-3-24-27(30(37)38-2)28(22-7-5-4-6-8-22)35-29(36)26(40-31(35)34-24)16-21-13-14-25(23(32)15-21)39-18-20-11-9-19(17-33)10-12-20/h4-16,28H,3,18H2,1-2H3/b26-16+/t28-/m1/s1. The predicted octanol–water partition coefficient (Wildman–Crippen LogP) is 5.01. The highest BCUT2D eigenvalue weighted by atomic mass is 79.9. The van der Waals surface area contributed by atoms with Crippen LogP contribution in [0.2, 0.25) is 0 Å². The maximum atomic E-state index is 13.8.